The molecule has 0 saturated carbocycles. The molecule has 1 unspecified atom stereocenters. The van der Waals surface area contributed by atoms with Gasteiger partial charge in [0.2, 0.25) is 0 Å². The molecule has 0 heterocycles. The molecule has 0 aliphatic carbocycles. The fourth-order valence-corrected chi connectivity index (χ4v) is 2.96. The van der Waals surface area contributed by atoms with Crippen molar-refractivity contribution in [3.05, 3.63) is 56.8 Å². The summed E-state index contributed by atoms with van der Waals surface area (Å²) in [7, 11) is 2.94. The number of ether oxygens (including phenoxy) is 2. The number of methoxy groups -OCH3 is 2. The van der Waals surface area contributed by atoms with Crippen LogP contribution in [0.1, 0.15) is 17.2 Å². The number of hydrogen-bond donors (Lipinski definition) is 1. The standard InChI is InChI=1S/C15H14BrClFNO2/c1-20-13-6-10(12(18)7-14(13)21-2)15(19)9-4-3-8(17)5-11(9)16/h3-7,15H,19H2,1-2H3. The van der Waals surface area contributed by atoms with Crippen LogP contribution in [0.2, 0.25) is 5.02 Å². The van der Waals surface area contributed by atoms with Crippen LogP contribution >= 0.6 is 27.5 Å². The minimum Gasteiger partial charge on any atom is -0.493 e. The van der Waals surface area contributed by atoms with E-state index in [0.29, 0.717) is 22.1 Å². The van der Waals surface area contributed by atoms with Gasteiger partial charge < -0.3 is 15.2 Å². The Morgan fingerprint density at radius 3 is 2.29 bits per heavy atom. The molecule has 0 bridgehead atoms. The zero-order valence-corrected chi connectivity index (χ0v) is 13.8. The third-order valence-corrected chi connectivity index (χ3v) is 4.06. The van der Waals surface area contributed by atoms with Crippen molar-refractivity contribution in [1.82, 2.24) is 0 Å². The van der Waals surface area contributed by atoms with Crippen molar-refractivity contribution in [2.24, 2.45) is 5.73 Å². The lowest BCUT2D eigenvalue weighted by Gasteiger charge is -2.17. The van der Waals surface area contributed by atoms with Crippen molar-refractivity contribution in [2.75, 3.05) is 14.2 Å². The number of hydrogen-bond acceptors (Lipinski definition) is 3. The molecule has 2 aromatic rings. The van der Waals surface area contributed by atoms with Crippen molar-refractivity contribution in [3.63, 3.8) is 0 Å². The summed E-state index contributed by atoms with van der Waals surface area (Å²) in [6.45, 7) is 0. The summed E-state index contributed by atoms with van der Waals surface area (Å²) in [5, 5.41) is 0.575. The molecule has 0 saturated heterocycles. The minimum atomic E-state index is -0.656. The maximum absolute atomic E-state index is 14.2. The highest BCUT2D eigenvalue weighted by Gasteiger charge is 2.19. The number of nitrogens with two attached hydrogens (primary N) is 1. The maximum Gasteiger partial charge on any atom is 0.163 e. The third kappa shape index (κ3) is 3.31. The van der Waals surface area contributed by atoms with Crippen molar-refractivity contribution >= 4 is 27.5 Å². The summed E-state index contributed by atoms with van der Waals surface area (Å²) in [4.78, 5) is 0. The van der Waals surface area contributed by atoms with Gasteiger partial charge in [-0.1, -0.05) is 33.6 Å². The molecule has 0 radical (unpaired) electrons. The number of halogens is 3. The second kappa shape index (κ2) is 6.64. The molecular formula is C15H14BrClFNO2. The molecule has 2 N–H and O–H groups in total. The summed E-state index contributed by atoms with van der Waals surface area (Å²) in [6, 6.07) is 7.33. The van der Waals surface area contributed by atoms with E-state index in [1.807, 2.05) is 0 Å². The lowest BCUT2D eigenvalue weighted by molar-refractivity contribution is 0.351. The van der Waals surface area contributed by atoms with Crippen LogP contribution in [0, 0.1) is 5.82 Å². The Bertz CT molecular complexity index is 666. The SMILES string of the molecule is COc1cc(F)c(C(N)c2ccc(Cl)cc2Br)cc1OC. The molecule has 0 spiro atoms. The molecule has 0 amide bonds. The average molecular weight is 375 g/mol. The fourth-order valence-electron chi connectivity index (χ4n) is 2.03. The van der Waals surface area contributed by atoms with Crippen LogP contribution in [0.3, 0.4) is 0 Å². The van der Waals surface area contributed by atoms with Gasteiger partial charge in [-0.15, -0.1) is 0 Å². The molecule has 0 aliphatic rings. The highest BCUT2D eigenvalue weighted by molar-refractivity contribution is 9.10. The van der Waals surface area contributed by atoms with E-state index in [-0.39, 0.29) is 0 Å². The van der Waals surface area contributed by atoms with Gasteiger partial charge in [0.05, 0.1) is 20.3 Å². The van der Waals surface area contributed by atoms with Crippen LogP contribution in [0.15, 0.2) is 34.8 Å². The molecule has 112 valence electrons. The maximum atomic E-state index is 14.2. The van der Waals surface area contributed by atoms with E-state index in [1.165, 1.54) is 20.3 Å². The molecule has 2 rings (SSSR count). The first-order valence-corrected chi connectivity index (χ1v) is 7.27. The van der Waals surface area contributed by atoms with E-state index in [1.54, 1.807) is 24.3 Å². The molecule has 21 heavy (non-hydrogen) atoms. The molecule has 1 atom stereocenters. The topological polar surface area (TPSA) is 44.5 Å². The van der Waals surface area contributed by atoms with Gasteiger partial charge in [0.15, 0.2) is 11.5 Å². The lowest BCUT2D eigenvalue weighted by Crippen LogP contribution is -2.14. The Hall–Kier alpha value is -1.30. The van der Waals surface area contributed by atoms with E-state index >= 15 is 0 Å². The van der Waals surface area contributed by atoms with Crippen molar-refractivity contribution < 1.29 is 13.9 Å². The molecule has 0 fully saturated rings. The highest BCUT2D eigenvalue weighted by Crippen LogP contribution is 2.36. The number of benzene rings is 2. The molecular weight excluding hydrogens is 361 g/mol. The Labute approximate surface area is 135 Å². The van der Waals surface area contributed by atoms with Crippen LogP contribution in [0.5, 0.6) is 11.5 Å². The van der Waals surface area contributed by atoms with Crippen LogP contribution in [0.25, 0.3) is 0 Å². The van der Waals surface area contributed by atoms with Crippen LogP contribution < -0.4 is 15.2 Å². The summed E-state index contributed by atoms with van der Waals surface area (Å²) >= 11 is 9.30. The zero-order valence-electron chi connectivity index (χ0n) is 11.5. The molecule has 2 aromatic carbocycles. The van der Waals surface area contributed by atoms with E-state index in [4.69, 9.17) is 26.8 Å². The average Bonchev–Trinajstić information content (AvgIpc) is 2.46. The Morgan fingerprint density at radius 1 is 1.10 bits per heavy atom. The first-order chi connectivity index (χ1) is 9.97. The molecule has 0 aliphatic heterocycles. The van der Waals surface area contributed by atoms with E-state index < -0.39 is 11.9 Å². The summed E-state index contributed by atoms with van der Waals surface area (Å²) < 4.78 is 25.2. The smallest absolute Gasteiger partial charge is 0.163 e. The molecule has 6 heteroatoms. The monoisotopic (exact) mass is 373 g/mol. The largest absolute Gasteiger partial charge is 0.493 e. The van der Waals surface area contributed by atoms with E-state index in [2.05, 4.69) is 15.9 Å². The van der Waals surface area contributed by atoms with Gasteiger partial charge in [-0.3, -0.25) is 0 Å². The lowest BCUT2D eigenvalue weighted by atomic mass is 9.98. The van der Waals surface area contributed by atoms with Gasteiger partial charge in [0, 0.05) is 21.1 Å². The Balaban J connectivity index is 2.50. The van der Waals surface area contributed by atoms with Crippen LogP contribution in [-0.2, 0) is 0 Å². The van der Waals surface area contributed by atoms with Gasteiger partial charge in [0.1, 0.15) is 5.82 Å². The van der Waals surface area contributed by atoms with E-state index in [0.717, 1.165) is 10.0 Å². The highest BCUT2D eigenvalue weighted by atomic mass is 79.9. The minimum absolute atomic E-state index is 0.315. The fraction of sp³-hybridized carbons (Fsp3) is 0.200. The van der Waals surface area contributed by atoms with Crippen LogP contribution in [0.4, 0.5) is 4.39 Å². The van der Waals surface area contributed by atoms with Crippen LogP contribution in [-0.4, -0.2) is 14.2 Å². The number of rotatable bonds is 4. The first kappa shape index (κ1) is 16.1. The van der Waals surface area contributed by atoms with Gasteiger partial charge in [-0.25, -0.2) is 4.39 Å². The second-order valence-corrected chi connectivity index (χ2v) is 5.66. The van der Waals surface area contributed by atoms with Gasteiger partial charge >= 0.3 is 0 Å². The van der Waals surface area contributed by atoms with Gasteiger partial charge in [-0.2, -0.15) is 0 Å². The first-order valence-electron chi connectivity index (χ1n) is 6.10. The Morgan fingerprint density at radius 2 is 1.71 bits per heavy atom. The summed E-state index contributed by atoms with van der Waals surface area (Å²) in [5.41, 5.74) is 7.22. The predicted octanol–water partition coefficient (Wildman–Crippen LogP) is 4.31. The van der Waals surface area contributed by atoms with Crippen molar-refractivity contribution in [2.45, 2.75) is 6.04 Å². The summed E-state index contributed by atoms with van der Waals surface area (Å²) in [6.07, 6.45) is 0. The van der Waals surface area contributed by atoms with Crippen molar-refractivity contribution in [3.8, 4) is 11.5 Å². The predicted molar refractivity (Wildman–Crippen MR) is 84.7 cm³/mol. The second-order valence-electron chi connectivity index (χ2n) is 4.37. The summed E-state index contributed by atoms with van der Waals surface area (Å²) in [5.74, 6) is 0.289. The molecule has 0 aromatic heterocycles. The quantitative estimate of drug-likeness (QED) is 0.867. The van der Waals surface area contributed by atoms with Gasteiger partial charge in [0.25, 0.3) is 0 Å². The Kier molecular flexibility index (Phi) is 5.08. The molecule has 3 nitrogen and oxygen atoms in total. The van der Waals surface area contributed by atoms with Gasteiger partial charge in [-0.05, 0) is 23.8 Å². The third-order valence-electron chi connectivity index (χ3n) is 3.14. The zero-order chi connectivity index (χ0) is 15.6. The van der Waals surface area contributed by atoms with E-state index in [9.17, 15) is 4.39 Å². The van der Waals surface area contributed by atoms with Crippen molar-refractivity contribution in [1.29, 1.82) is 0 Å². The normalized spacial score (nSPS) is 12.1.